The number of nitrogens with zero attached hydrogens (tertiary/aromatic N) is 7. The fraction of sp³-hybridized carbons (Fsp3) is 0.135. The van der Waals surface area contributed by atoms with Crippen molar-refractivity contribution >= 4 is 44.6 Å². The third-order valence-electron chi connectivity index (χ3n) is 11.1. The van der Waals surface area contributed by atoms with Gasteiger partial charge in [-0.15, -0.1) is 60.3 Å². The van der Waals surface area contributed by atoms with Crippen LogP contribution in [0, 0.1) is 39.6 Å². The van der Waals surface area contributed by atoms with Crippen LogP contribution in [-0.4, -0.2) is 24.5 Å². The molecule has 0 atom stereocenters. The zero-order valence-electron chi connectivity index (χ0n) is 34.3. The van der Waals surface area contributed by atoms with E-state index < -0.39 is 0 Å². The monoisotopic (exact) mass is 959 g/mol. The van der Waals surface area contributed by atoms with Crippen molar-refractivity contribution in [3.63, 3.8) is 0 Å². The molecule has 7 nitrogen and oxygen atoms in total. The average molecular weight is 960 g/mol. The van der Waals surface area contributed by atoms with Gasteiger partial charge in [-0.3, -0.25) is 9.97 Å². The number of aryl methyl sites for hydroxylation is 3. The topological polar surface area (TPSA) is 63.0 Å². The second kappa shape index (κ2) is 15.3. The fourth-order valence-corrected chi connectivity index (χ4v) is 8.36. The molecule has 10 rings (SSSR count). The van der Waals surface area contributed by atoms with Gasteiger partial charge in [0.15, 0.2) is 0 Å². The third-order valence-corrected chi connectivity index (χ3v) is 11.1. The first-order valence-electron chi connectivity index (χ1n) is 20.0. The molecule has 6 aromatic carbocycles. The molecule has 1 aliphatic rings. The molecule has 0 spiro atoms. The first kappa shape index (κ1) is 39.1. The van der Waals surface area contributed by atoms with E-state index in [1.54, 1.807) is 0 Å². The second-order valence-electron chi connectivity index (χ2n) is 16.4. The van der Waals surface area contributed by atoms with Crippen LogP contribution >= 0.6 is 0 Å². The minimum absolute atomic E-state index is 0. The van der Waals surface area contributed by atoms with E-state index in [2.05, 4.69) is 166 Å². The molecular formula is C52H42N7Pt-3. The zero-order chi connectivity index (χ0) is 40.4. The fourth-order valence-electron chi connectivity index (χ4n) is 8.36. The number of hydrogen-bond acceptors (Lipinski definition) is 6. The van der Waals surface area contributed by atoms with Crippen LogP contribution in [0.15, 0.2) is 140 Å². The number of hydrogen-bond donors (Lipinski definition) is 0. The van der Waals surface area contributed by atoms with Crippen LogP contribution in [0.25, 0.3) is 61.8 Å². The van der Waals surface area contributed by atoms with Crippen molar-refractivity contribution in [2.45, 2.75) is 47.0 Å². The van der Waals surface area contributed by atoms with Crippen LogP contribution in [0.2, 0.25) is 0 Å². The molecule has 4 heterocycles. The van der Waals surface area contributed by atoms with Crippen LogP contribution in [0.3, 0.4) is 0 Å². The van der Waals surface area contributed by atoms with Gasteiger partial charge < -0.3 is 19.4 Å². The maximum atomic E-state index is 5.17. The number of rotatable bonds is 6. The molecule has 0 amide bonds. The molecule has 0 saturated heterocycles. The van der Waals surface area contributed by atoms with Crippen molar-refractivity contribution < 1.29 is 21.1 Å². The Hall–Kier alpha value is -6.43. The van der Waals surface area contributed by atoms with Crippen LogP contribution in [0.5, 0.6) is 0 Å². The van der Waals surface area contributed by atoms with E-state index in [-0.39, 0.29) is 26.5 Å². The van der Waals surface area contributed by atoms with Crippen molar-refractivity contribution in [3.05, 3.63) is 181 Å². The van der Waals surface area contributed by atoms with E-state index in [0.29, 0.717) is 17.5 Å². The standard InChI is InChI=1S/C52H42N7.Pt/c1-33-27-34(2)48(35(3)28-33)58-32-57(44-21-12-13-22-45(44)58)40-18-14-17-37(29-40)50-54-49(36-15-8-7-9-16-36)55-51(56-50)38-23-24-42-41-19-10-11-20-43(41)59(46(42)30-38)47-31-39(25-26-53-47)52(4,5)6;/h7-28,31-32H,1-6H3;/q-3;. The molecule has 0 bridgehead atoms. The van der Waals surface area contributed by atoms with E-state index in [4.69, 9.17) is 19.9 Å². The number of para-hydroxylation sites is 3. The normalized spacial score (nSPS) is 12.6. The molecule has 0 N–H and O–H groups in total. The molecular weight excluding hydrogens is 918 g/mol. The molecule has 0 saturated carbocycles. The Labute approximate surface area is 365 Å². The van der Waals surface area contributed by atoms with Gasteiger partial charge in [-0.1, -0.05) is 110 Å². The molecule has 0 radical (unpaired) electrons. The Morgan fingerprint density at radius 1 is 0.583 bits per heavy atom. The summed E-state index contributed by atoms with van der Waals surface area (Å²) in [6, 6.07) is 53.6. The molecule has 0 unspecified atom stereocenters. The predicted molar refractivity (Wildman–Crippen MR) is 240 cm³/mol. The van der Waals surface area contributed by atoms with E-state index >= 15 is 0 Å². The Bertz CT molecular complexity index is 3050. The van der Waals surface area contributed by atoms with Gasteiger partial charge in [0.25, 0.3) is 0 Å². The van der Waals surface area contributed by atoms with E-state index in [1.807, 2.05) is 48.7 Å². The van der Waals surface area contributed by atoms with Crippen molar-refractivity contribution in [3.8, 4) is 40.0 Å². The van der Waals surface area contributed by atoms with Crippen molar-refractivity contribution in [1.82, 2.24) is 24.5 Å². The minimum atomic E-state index is -0.0382. The molecule has 298 valence electrons. The summed E-state index contributed by atoms with van der Waals surface area (Å²) in [5, 5.41) is 2.21. The first-order valence-corrected chi connectivity index (χ1v) is 20.0. The molecule has 0 aliphatic carbocycles. The van der Waals surface area contributed by atoms with Crippen LogP contribution in [0.4, 0.5) is 22.7 Å². The first-order chi connectivity index (χ1) is 28.6. The van der Waals surface area contributed by atoms with Crippen molar-refractivity contribution in [1.29, 1.82) is 0 Å². The van der Waals surface area contributed by atoms with Gasteiger partial charge in [0, 0.05) is 55.4 Å². The summed E-state index contributed by atoms with van der Waals surface area (Å²) >= 11 is 0. The molecule has 3 aromatic heterocycles. The van der Waals surface area contributed by atoms with E-state index in [1.165, 1.54) is 27.9 Å². The molecule has 0 fully saturated rings. The van der Waals surface area contributed by atoms with Gasteiger partial charge in [-0.25, -0.2) is 4.98 Å². The second-order valence-corrected chi connectivity index (χ2v) is 16.4. The Balaban J connectivity index is 0.00000462. The zero-order valence-corrected chi connectivity index (χ0v) is 36.6. The van der Waals surface area contributed by atoms with Gasteiger partial charge >= 0.3 is 0 Å². The van der Waals surface area contributed by atoms with Gasteiger partial charge in [-0.2, -0.15) is 0 Å². The average Bonchev–Trinajstić information content (AvgIpc) is 3.79. The van der Waals surface area contributed by atoms with E-state index in [0.717, 1.165) is 61.4 Å². The molecule has 8 heteroatoms. The van der Waals surface area contributed by atoms with Crippen LogP contribution < -0.4 is 9.80 Å². The number of anilines is 4. The summed E-state index contributed by atoms with van der Waals surface area (Å²) in [5.74, 6) is 2.47. The Kier molecular flexibility index (Phi) is 9.96. The quantitative estimate of drug-likeness (QED) is 0.155. The summed E-state index contributed by atoms with van der Waals surface area (Å²) in [6.07, 6.45) is 1.90. The Morgan fingerprint density at radius 3 is 1.97 bits per heavy atom. The summed E-state index contributed by atoms with van der Waals surface area (Å²) in [4.78, 5) is 24.7. The largest absolute Gasteiger partial charge is 0.488 e. The van der Waals surface area contributed by atoms with Gasteiger partial charge in [0.2, 0.25) is 0 Å². The maximum Gasteiger partial charge on any atom is 0.144 e. The minimum Gasteiger partial charge on any atom is -0.488 e. The predicted octanol–water partition coefficient (Wildman–Crippen LogP) is 12.6. The van der Waals surface area contributed by atoms with Crippen molar-refractivity contribution in [2.24, 2.45) is 0 Å². The number of fused-ring (bicyclic) bond motifs is 4. The number of pyridine rings is 1. The number of benzene rings is 6. The van der Waals surface area contributed by atoms with Gasteiger partial charge in [-0.05, 0) is 84.1 Å². The maximum absolute atomic E-state index is 5.17. The summed E-state index contributed by atoms with van der Waals surface area (Å²) in [5.41, 5.74) is 13.5. The SMILES string of the molecule is Cc1cc(C)c(N2[CH-]N(c3[c-]c(-c4nc(-c5[c-]c6c(cc5)c5ccccc5n6-c5cc(C(C)(C)C)ccn5)nc(-c5ccccc5)n4)ccc3)c3ccccc32)c(C)c1.[Pt]. The van der Waals surface area contributed by atoms with Gasteiger partial charge in [0.05, 0.1) is 11.6 Å². The summed E-state index contributed by atoms with van der Waals surface area (Å²) < 4.78 is 2.20. The summed E-state index contributed by atoms with van der Waals surface area (Å²) in [7, 11) is 0. The number of aromatic nitrogens is 5. The summed E-state index contributed by atoms with van der Waals surface area (Å²) in [6.45, 7) is 15.3. The molecule has 9 aromatic rings. The van der Waals surface area contributed by atoms with Crippen LogP contribution in [-0.2, 0) is 26.5 Å². The third kappa shape index (κ3) is 6.87. The van der Waals surface area contributed by atoms with Gasteiger partial charge in [0.1, 0.15) is 11.6 Å². The smallest absolute Gasteiger partial charge is 0.144 e. The molecule has 1 aliphatic heterocycles. The van der Waals surface area contributed by atoms with E-state index in [9.17, 15) is 0 Å². The van der Waals surface area contributed by atoms with Crippen molar-refractivity contribution in [2.75, 3.05) is 9.80 Å². The molecule has 60 heavy (non-hydrogen) atoms. The van der Waals surface area contributed by atoms with Crippen LogP contribution in [0.1, 0.15) is 43.0 Å². The Morgan fingerprint density at radius 2 is 1.23 bits per heavy atom.